The van der Waals surface area contributed by atoms with Crippen LogP contribution in [-0.4, -0.2) is 17.9 Å². The number of carbonyl (C=O) groups is 2. The third-order valence-electron chi connectivity index (χ3n) is 3.75. The molecule has 0 bridgehead atoms. The van der Waals surface area contributed by atoms with Gasteiger partial charge in [-0.25, -0.2) is 0 Å². The van der Waals surface area contributed by atoms with E-state index in [4.69, 9.17) is 0 Å². The van der Waals surface area contributed by atoms with E-state index in [1.165, 1.54) is 0 Å². The maximum absolute atomic E-state index is 11.9. The summed E-state index contributed by atoms with van der Waals surface area (Å²) in [7, 11) is 0. The second-order valence-corrected chi connectivity index (χ2v) is 5.64. The van der Waals surface area contributed by atoms with Crippen LogP contribution in [0, 0.1) is 11.8 Å². The highest BCUT2D eigenvalue weighted by atomic mass is 16.2. The van der Waals surface area contributed by atoms with E-state index >= 15 is 0 Å². The van der Waals surface area contributed by atoms with Gasteiger partial charge >= 0.3 is 0 Å². The molecular formula is C15H18N2O2. The van der Waals surface area contributed by atoms with Gasteiger partial charge in [0.15, 0.2) is 0 Å². The average Bonchev–Trinajstić information content (AvgIpc) is 3.28. The SMILES string of the molecule is CC1CC1C(=O)Nc1cccc(C(=O)NC2CC2)c1. The second kappa shape index (κ2) is 4.68. The van der Waals surface area contributed by atoms with Crippen molar-refractivity contribution in [3.63, 3.8) is 0 Å². The molecule has 0 radical (unpaired) electrons. The maximum atomic E-state index is 11.9. The summed E-state index contributed by atoms with van der Waals surface area (Å²) in [5.41, 5.74) is 1.31. The van der Waals surface area contributed by atoms with Crippen LogP contribution in [0.2, 0.25) is 0 Å². The highest BCUT2D eigenvalue weighted by Crippen LogP contribution is 2.38. The fourth-order valence-electron chi connectivity index (χ4n) is 2.16. The van der Waals surface area contributed by atoms with E-state index in [-0.39, 0.29) is 17.7 Å². The molecule has 4 nitrogen and oxygen atoms in total. The third kappa shape index (κ3) is 2.95. The Morgan fingerprint density at radius 2 is 2.00 bits per heavy atom. The van der Waals surface area contributed by atoms with Crippen LogP contribution >= 0.6 is 0 Å². The predicted octanol–water partition coefficient (Wildman–Crippen LogP) is 2.17. The van der Waals surface area contributed by atoms with Crippen LogP contribution in [0.25, 0.3) is 0 Å². The highest BCUT2D eigenvalue weighted by molar-refractivity contribution is 5.98. The molecule has 2 atom stereocenters. The van der Waals surface area contributed by atoms with Crippen LogP contribution in [0.1, 0.15) is 36.5 Å². The number of hydrogen-bond acceptors (Lipinski definition) is 2. The monoisotopic (exact) mass is 258 g/mol. The first-order valence-electron chi connectivity index (χ1n) is 6.85. The van der Waals surface area contributed by atoms with Gasteiger partial charge in [-0.2, -0.15) is 0 Å². The van der Waals surface area contributed by atoms with Crippen LogP contribution in [0.3, 0.4) is 0 Å². The fourth-order valence-corrected chi connectivity index (χ4v) is 2.16. The number of rotatable bonds is 4. The maximum Gasteiger partial charge on any atom is 0.251 e. The Morgan fingerprint density at radius 3 is 2.63 bits per heavy atom. The van der Waals surface area contributed by atoms with Gasteiger partial charge in [-0.05, 0) is 43.4 Å². The summed E-state index contributed by atoms with van der Waals surface area (Å²) in [6.07, 6.45) is 3.11. The Labute approximate surface area is 112 Å². The Hall–Kier alpha value is -1.84. The van der Waals surface area contributed by atoms with E-state index in [1.807, 2.05) is 6.07 Å². The molecule has 2 aliphatic rings. The average molecular weight is 258 g/mol. The van der Waals surface area contributed by atoms with Gasteiger partial charge in [-0.3, -0.25) is 9.59 Å². The van der Waals surface area contributed by atoms with Gasteiger partial charge in [-0.1, -0.05) is 13.0 Å². The third-order valence-corrected chi connectivity index (χ3v) is 3.75. The lowest BCUT2D eigenvalue weighted by molar-refractivity contribution is -0.117. The summed E-state index contributed by atoms with van der Waals surface area (Å²) in [6.45, 7) is 2.07. The molecule has 2 saturated carbocycles. The van der Waals surface area contributed by atoms with Crippen LogP contribution in [0.4, 0.5) is 5.69 Å². The molecule has 2 fully saturated rings. The zero-order valence-corrected chi connectivity index (χ0v) is 11.0. The lowest BCUT2D eigenvalue weighted by Gasteiger charge is -2.07. The number of amides is 2. The standard InChI is InChI=1S/C15H18N2O2/c1-9-7-13(9)15(19)17-12-4-2-3-10(8-12)14(18)16-11-5-6-11/h2-4,8-9,11,13H,5-7H2,1H3,(H,16,18)(H,17,19). The zero-order chi connectivity index (χ0) is 13.4. The molecule has 4 heteroatoms. The second-order valence-electron chi connectivity index (χ2n) is 5.64. The van der Waals surface area contributed by atoms with Crippen molar-refractivity contribution in [2.45, 2.75) is 32.2 Å². The van der Waals surface area contributed by atoms with Crippen molar-refractivity contribution in [2.24, 2.45) is 11.8 Å². The number of hydrogen-bond donors (Lipinski definition) is 2. The molecule has 100 valence electrons. The number of nitrogens with one attached hydrogen (secondary N) is 2. The minimum atomic E-state index is -0.0570. The minimum Gasteiger partial charge on any atom is -0.349 e. The zero-order valence-electron chi connectivity index (χ0n) is 11.0. The number of carbonyl (C=O) groups excluding carboxylic acids is 2. The molecule has 19 heavy (non-hydrogen) atoms. The molecule has 0 spiro atoms. The Morgan fingerprint density at radius 1 is 1.26 bits per heavy atom. The molecule has 1 aromatic rings. The summed E-state index contributed by atoms with van der Waals surface area (Å²) < 4.78 is 0. The highest BCUT2D eigenvalue weighted by Gasteiger charge is 2.39. The van der Waals surface area contributed by atoms with E-state index < -0.39 is 0 Å². The summed E-state index contributed by atoms with van der Waals surface area (Å²) in [5.74, 6) is 0.635. The van der Waals surface area contributed by atoms with Crippen molar-refractivity contribution in [1.82, 2.24) is 5.32 Å². The number of anilines is 1. The molecule has 1 aromatic carbocycles. The van der Waals surface area contributed by atoms with Gasteiger partial charge in [0.1, 0.15) is 0 Å². The summed E-state index contributed by atoms with van der Waals surface area (Å²) in [4.78, 5) is 23.7. The smallest absolute Gasteiger partial charge is 0.251 e. The quantitative estimate of drug-likeness (QED) is 0.869. The van der Waals surface area contributed by atoms with Crippen molar-refractivity contribution >= 4 is 17.5 Å². The van der Waals surface area contributed by atoms with Gasteiger partial charge in [0, 0.05) is 23.2 Å². The summed E-state index contributed by atoms with van der Waals surface area (Å²) in [6, 6.07) is 7.47. The molecule has 0 aliphatic heterocycles. The lowest BCUT2D eigenvalue weighted by Crippen LogP contribution is -2.25. The normalized spacial score (nSPS) is 24.7. The first-order chi connectivity index (χ1) is 9.13. The van der Waals surface area contributed by atoms with Gasteiger partial charge in [0.2, 0.25) is 5.91 Å². The molecule has 2 unspecified atom stereocenters. The van der Waals surface area contributed by atoms with E-state index in [1.54, 1.807) is 18.2 Å². The Balaban J connectivity index is 1.65. The van der Waals surface area contributed by atoms with Crippen LogP contribution in [0.15, 0.2) is 24.3 Å². The van der Waals surface area contributed by atoms with Crippen molar-refractivity contribution < 1.29 is 9.59 Å². The topological polar surface area (TPSA) is 58.2 Å². The van der Waals surface area contributed by atoms with Crippen molar-refractivity contribution in [2.75, 3.05) is 5.32 Å². The largest absolute Gasteiger partial charge is 0.349 e. The molecule has 0 heterocycles. The molecule has 0 saturated heterocycles. The van der Waals surface area contributed by atoms with Gasteiger partial charge in [0.05, 0.1) is 0 Å². The molecule has 0 aromatic heterocycles. The van der Waals surface area contributed by atoms with E-state index in [2.05, 4.69) is 17.6 Å². The van der Waals surface area contributed by atoms with Crippen molar-refractivity contribution in [3.8, 4) is 0 Å². The van der Waals surface area contributed by atoms with Crippen LogP contribution in [0.5, 0.6) is 0 Å². The molecular weight excluding hydrogens is 240 g/mol. The summed E-state index contributed by atoms with van der Waals surface area (Å²) >= 11 is 0. The van der Waals surface area contributed by atoms with Gasteiger partial charge < -0.3 is 10.6 Å². The first kappa shape index (κ1) is 12.2. The van der Waals surface area contributed by atoms with Crippen LogP contribution in [-0.2, 0) is 4.79 Å². The fraction of sp³-hybridized carbons (Fsp3) is 0.467. The minimum absolute atomic E-state index is 0.0570. The van der Waals surface area contributed by atoms with Crippen molar-refractivity contribution in [1.29, 1.82) is 0 Å². The molecule has 3 rings (SSSR count). The molecule has 2 N–H and O–H groups in total. The van der Waals surface area contributed by atoms with E-state index in [0.29, 0.717) is 23.2 Å². The summed E-state index contributed by atoms with van der Waals surface area (Å²) in [5, 5.41) is 5.82. The van der Waals surface area contributed by atoms with Gasteiger partial charge in [0.25, 0.3) is 5.91 Å². The number of benzene rings is 1. The molecule has 2 aliphatic carbocycles. The predicted molar refractivity (Wildman–Crippen MR) is 72.8 cm³/mol. The molecule has 2 amide bonds. The van der Waals surface area contributed by atoms with E-state index in [9.17, 15) is 9.59 Å². The Bertz CT molecular complexity index is 523. The first-order valence-corrected chi connectivity index (χ1v) is 6.85. The van der Waals surface area contributed by atoms with Gasteiger partial charge in [-0.15, -0.1) is 0 Å². The van der Waals surface area contributed by atoms with E-state index in [0.717, 1.165) is 19.3 Å². The Kier molecular flexibility index (Phi) is 3.01. The lowest BCUT2D eigenvalue weighted by atomic mass is 10.2. The van der Waals surface area contributed by atoms with Crippen molar-refractivity contribution in [3.05, 3.63) is 29.8 Å². The van der Waals surface area contributed by atoms with Crippen LogP contribution < -0.4 is 10.6 Å².